The number of nitrogens with zero attached hydrogens (tertiary/aromatic N) is 1. The third-order valence-electron chi connectivity index (χ3n) is 4.44. The van der Waals surface area contributed by atoms with E-state index in [1.807, 2.05) is 0 Å². The number of carbonyl (C=O) groups excluding carboxylic acids is 2. The third-order valence-corrected chi connectivity index (χ3v) is 5.84. The molecule has 3 rings (SSSR count). The van der Waals surface area contributed by atoms with Crippen LogP contribution < -0.4 is 15.4 Å². The molecule has 0 atom stereocenters. The van der Waals surface area contributed by atoms with E-state index < -0.39 is 21.7 Å². The Kier molecular flexibility index (Phi) is 6.46. The molecule has 8 nitrogen and oxygen atoms in total. The maximum atomic E-state index is 13.5. The normalized spacial score (nSPS) is 15.3. The molecule has 0 aromatic heterocycles. The SMILES string of the molecule is Cc1ccc(C(=O)NCCNC(=O)CCN=C2NS(=O)(=O)c3ccccc32)cc1F. The maximum Gasteiger partial charge on any atom is 0.263 e. The molecule has 1 aliphatic heterocycles. The van der Waals surface area contributed by atoms with E-state index in [0.717, 1.165) is 6.07 Å². The zero-order valence-electron chi connectivity index (χ0n) is 16.2. The second kappa shape index (κ2) is 9.04. The standard InChI is InChI=1S/C20H21FN4O4S/c1-13-6-7-14(12-16(13)21)20(27)24-11-10-22-18(26)8-9-23-19-15-4-2-3-5-17(15)30(28,29)25-19/h2-7,12H,8-11H2,1H3,(H,22,26)(H,23,25)(H,24,27). The Bertz CT molecular complexity index is 1120. The number of benzene rings is 2. The molecule has 30 heavy (non-hydrogen) atoms. The second-order valence-corrected chi connectivity index (χ2v) is 8.30. The highest BCUT2D eigenvalue weighted by Crippen LogP contribution is 2.22. The van der Waals surface area contributed by atoms with Gasteiger partial charge in [0.1, 0.15) is 11.7 Å². The van der Waals surface area contributed by atoms with Crippen molar-refractivity contribution in [2.24, 2.45) is 4.99 Å². The number of fused-ring (bicyclic) bond motifs is 1. The van der Waals surface area contributed by atoms with Gasteiger partial charge in [-0.25, -0.2) is 12.8 Å². The summed E-state index contributed by atoms with van der Waals surface area (Å²) in [6, 6.07) is 10.7. The molecular formula is C20H21FN4O4S. The molecule has 158 valence electrons. The molecule has 2 aromatic rings. The fourth-order valence-corrected chi connectivity index (χ4v) is 4.07. The number of rotatable bonds is 7. The number of amides is 2. The first-order valence-corrected chi connectivity index (χ1v) is 10.7. The van der Waals surface area contributed by atoms with Gasteiger partial charge in [-0.15, -0.1) is 0 Å². The van der Waals surface area contributed by atoms with E-state index in [1.165, 1.54) is 18.2 Å². The van der Waals surface area contributed by atoms with Crippen LogP contribution in [0.2, 0.25) is 0 Å². The average Bonchev–Trinajstić information content (AvgIpc) is 2.98. The quantitative estimate of drug-likeness (QED) is 0.568. The van der Waals surface area contributed by atoms with Crippen molar-refractivity contribution in [1.29, 1.82) is 0 Å². The molecule has 2 aromatic carbocycles. The van der Waals surface area contributed by atoms with Gasteiger partial charge in [0.25, 0.3) is 15.9 Å². The van der Waals surface area contributed by atoms with Gasteiger partial charge in [0.05, 0.1) is 11.4 Å². The second-order valence-electron chi connectivity index (χ2n) is 6.65. The van der Waals surface area contributed by atoms with Crippen LogP contribution in [0.3, 0.4) is 0 Å². The number of halogens is 1. The van der Waals surface area contributed by atoms with E-state index in [4.69, 9.17) is 0 Å². The molecule has 0 radical (unpaired) electrons. The van der Waals surface area contributed by atoms with Crippen LogP contribution in [0.5, 0.6) is 0 Å². The summed E-state index contributed by atoms with van der Waals surface area (Å²) in [6.45, 7) is 2.09. The first-order chi connectivity index (χ1) is 14.3. The van der Waals surface area contributed by atoms with Gasteiger partial charge < -0.3 is 10.6 Å². The van der Waals surface area contributed by atoms with Crippen LogP contribution in [0, 0.1) is 12.7 Å². The van der Waals surface area contributed by atoms with Gasteiger partial charge in [-0.1, -0.05) is 18.2 Å². The highest BCUT2D eigenvalue weighted by molar-refractivity contribution is 7.90. The van der Waals surface area contributed by atoms with Crippen molar-refractivity contribution in [1.82, 2.24) is 15.4 Å². The first kappa shape index (κ1) is 21.4. The fraction of sp³-hybridized carbons (Fsp3) is 0.250. The van der Waals surface area contributed by atoms with Crippen LogP contribution >= 0.6 is 0 Å². The van der Waals surface area contributed by atoms with Crippen LogP contribution in [0.15, 0.2) is 52.4 Å². The first-order valence-electron chi connectivity index (χ1n) is 9.25. The van der Waals surface area contributed by atoms with Gasteiger partial charge in [-0.2, -0.15) is 0 Å². The Morgan fingerprint density at radius 1 is 1.10 bits per heavy atom. The van der Waals surface area contributed by atoms with Gasteiger partial charge in [-0.3, -0.25) is 19.3 Å². The van der Waals surface area contributed by atoms with E-state index in [9.17, 15) is 22.4 Å². The average molecular weight is 432 g/mol. The molecule has 1 aliphatic rings. The molecule has 1 heterocycles. The number of hydrogen-bond donors (Lipinski definition) is 3. The molecule has 0 saturated carbocycles. The summed E-state index contributed by atoms with van der Waals surface area (Å²) in [5.41, 5.74) is 1.14. The topological polar surface area (TPSA) is 117 Å². The largest absolute Gasteiger partial charge is 0.354 e. The minimum Gasteiger partial charge on any atom is -0.354 e. The van der Waals surface area contributed by atoms with Crippen molar-refractivity contribution in [2.75, 3.05) is 19.6 Å². The minimum atomic E-state index is -3.60. The van der Waals surface area contributed by atoms with E-state index >= 15 is 0 Å². The van der Waals surface area contributed by atoms with Gasteiger partial charge in [-0.05, 0) is 36.8 Å². The summed E-state index contributed by atoms with van der Waals surface area (Å²) in [5, 5.41) is 5.23. The van der Waals surface area contributed by atoms with Crippen molar-refractivity contribution < 1.29 is 22.4 Å². The van der Waals surface area contributed by atoms with Crippen LogP contribution in [0.4, 0.5) is 4.39 Å². The number of sulfonamides is 1. The molecule has 0 aliphatic carbocycles. The summed E-state index contributed by atoms with van der Waals surface area (Å²) in [7, 11) is -3.60. The highest BCUT2D eigenvalue weighted by atomic mass is 32.2. The van der Waals surface area contributed by atoms with Crippen molar-refractivity contribution in [3.63, 3.8) is 0 Å². The van der Waals surface area contributed by atoms with Gasteiger partial charge in [0.15, 0.2) is 0 Å². The number of nitrogens with one attached hydrogen (secondary N) is 3. The van der Waals surface area contributed by atoms with Crippen LogP contribution in [-0.4, -0.2) is 45.7 Å². The molecule has 0 spiro atoms. The Morgan fingerprint density at radius 3 is 2.60 bits per heavy atom. The lowest BCUT2D eigenvalue weighted by Crippen LogP contribution is -2.35. The number of carbonyl (C=O) groups is 2. The Morgan fingerprint density at radius 2 is 1.83 bits per heavy atom. The predicted molar refractivity (Wildman–Crippen MR) is 109 cm³/mol. The van der Waals surface area contributed by atoms with E-state index in [2.05, 4.69) is 20.3 Å². The third kappa shape index (κ3) is 5.01. The molecule has 10 heteroatoms. The molecule has 3 N–H and O–H groups in total. The van der Waals surface area contributed by atoms with Crippen molar-refractivity contribution in [3.05, 3.63) is 65.0 Å². The predicted octanol–water partition coefficient (Wildman–Crippen LogP) is 1.11. The number of amidine groups is 1. The Labute approximate surface area is 173 Å². The number of aryl methyl sites for hydroxylation is 1. The molecule has 0 unspecified atom stereocenters. The Balaban J connectivity index is 1.41. The molecule has 0 fully saturated rings. The van der Waals surface area contributed by atoms with Crippen LogP contribution in [0.1, 0.15) is 27.9 Å². The van der Waals surface area contributed by atoms with Gasteiger partial charge in [0, 0.05) is 30.6 Å². The van der Waals surface area contributed by atoms with Crippen molar-refractivity contribution in [3.8, 4) is 0 Å². The summed E-state index contributed by atoms with van der Waals surface area (Å²) in [5.74, 6) is -0.952. The monoisotopic (exact) mass is 432 g/mol. The lowest BCUT2D eigenvalue weighted by molar-refractivity contribution is -0.120. The zero-order chi connectivity index (χ0) is 21.7. The highest BCUT2D eigenvalue weighted by Gasteiger charge is 2.29. The van der Waals surface area contributed by atoms with E-state index in [0.29, 0.717) is 11.1 Å². The summed E-state index contributed by atoms with van der Waals surface area (Å²) in [6.07, 6.45) is 0.0600. The Hall–Kier alpha value is -3.27. The molecule has 2 amide bonds. The molecule has 0 bridgehead atoms. The number of hydrogen-bond acceptors (Lipinski definition) is 5. The molecular weight excluding hydrogens is 411 g/mol. The van der Waals surface area contributed by atoms with Gasteiger partial charge >= 0.3 is 0 Å². The molecule has 0 saturated heterocycles. The lowest BCUT2D eigenvalue weighted by atomic mass is 10.1. The van der Waals surface area contributed by atoms with Crippen LogP contribution in [-0.2, 0) is 14.8 Å². The van der Waals surface area contributed by atoms with E-state index in [1.54, 1.807) is 25.1 Å². The smallest absolute Gasteiger partial charge is 0.263 e. The summed E-state index contributed by atoms with van der Waals surface area (Å²) >= 11 is 0. The maximum absolute atomic E-state index is 13.5. The van der Waals surface area contributed by atoms with Gasteiger partial charge in [0.2, 0.25) is 5.91 Å². The zero-order valence-corrected chi connectivity index (χ0v) is 17.1. The van der Waals surface area contributed by atoms with Crippen LogP contribution in [0.25, 0.3) is 0 Å². The summed E-state index contributed by atoms with van der Waals surface area (Å²) in [4.78, 5) is 28.2. The minimum absolute atomic E-state index is 0.0600. The lowest BCUT2D eigenvalue weighted by Gasteiger charge is -2.07. The number of aliphatic imine (C=N–C) groups is 1. The van der Waals surface area contributed by atoms with Crippen molar-refractivity contribution >= 4 is 27.7 Å². The fourth-order valence-electron chi connectivity index (χ4n) is 2.82. The van der Waals surface area contributed by atoms with E-state index in [-0.39, 0.29) is 48.3 Å². The van der Waals surface area contributed by atoms with Crippen molar-refractivity contribution in [2.45, 2.75) is 18.2 Å². The summed E-state index contributed by atoms with van der Waals surface area (Å²) < 4.78 is 39.9.